The van der Waals surface area contributed by atoms with Gasteiger partial charge in [-0.15, -0.1) is 0 Å². The quantitative estimate of drug-likeness (QED) is 0.789. The summed E-state index contributed by atoms with van der Waals surface area (Å²) < 4.78 is 5.65. The van der Waals surface area contributed by atoms with Gasteiger partial charge in [0.05, 0.1) is 7.11 Å². The van der Waals surface area contributed by atoms with Crippen molar-refractivity contribution in [3.63, 3.8) is 0 Å². The Kier molecular flexibility index (Phi) is 4.50. The number of ether oxygens (including phenoxy) is 1. The lowest BCUT2D eigenvalue weighted by molar-refractivity contribution is -0.141. The van der Waals surface area contributed by atoms with Crippen LogP contribution in [0.4, 0.5) is 0 Å². The molecule has 17 heavy (non-hydrogen) atoms. The van der Waals surface area contributed by atoms with E-state index < -0.39 is 0 Å². The van der Waals surface area contributed by atoms with Gasteiger partial charge in [-0.1, -0.05) is 53.9 Å². The molecule has 3 nitrogen and oxygen atoms in total. The highest BCUT2D eigenvalue weighted by molar-refractivity contribution is 8.38. The number of carbonyl (C=O) groups excluding carboxylic acids is 1. The minimum atomic E-state index is -0.316. The second-order valence-corrected chi connectivity index (χ2v) is 5.75. The lowest BCUT2D eigenvalue weighted by atomic mass is 10.2. The molecule has 1 aliphatic rings. The first kappa shape index (κ1) is 12.5. The van der Waals surface area contributed by atoms with Gasteiger partial charge in [-0.3, -0.25) is 4.99 Å². The fourth-order valence-electron chi connectivity index (χ4n) is 1.41. The molecule has 2 rings (SSSR count). The molecule has 5 heteroatoms. The van der Waals surface area contributed by atoms with Crippen LogP contribution in [0.1, 0.15) is 5.56 Å². The Morgan fingerprint density at radius 1 is 1.53 bits per heavy atom. The fraction of sp³-hybridized carbons (Fsp3) is 0.333. The summed E-state index contributed by atoms with van der Waals surface area (Å²) in [4.78, 5) is 15.6. The maximum atomic E-state index is 11.3. The molecule has 1 atom stereocenters. The van der Waals surface area contributed by atoms with Gasteiger partial charge in [-0.25, -0.2) is 4.79 Å². The number of aliphatic imine (C=N–C) groups is 1. The zero-order valence-corrected chi connectivity index (χ0v) is 11.1. The number of methoxy groups -OCH3 is 1. The van der Waals surface area contributed by atoms with Crippen LogP contribution in [0, 0.1) is 0 Å². The minimum absolute atomic E-state index is 0.243. The second kappa shape index (κ2) is 6.12. The number of benzene rings is 1. The predicted molar refractivity (Wildman–Crippen MR) is 73.4 cm³/mol. The molecule has 1 heterocycles. The maximum Gasteiger partial charge on any atom is 0.331 e. The molecule has 90 valence electrons. The number of rotatable bonds is 3. The van der Waals surface area contributed by atoms with E-state index in [0.29, 0.717) is 5.75 Å². The maximum absolute atomic E-state index is 11.3. The van der Waals surface area contributed by atoms with Gasteiger partial charge in [0.1, 0.15) is 4.38 Å². The first-order chi connectivity index (χ1) is 8.29. The molecule has 0 aliphatic carbocycles. The van der Waals surface area contributed by atoms with Crippen LogP contribution in [0.2, 0.25) is 0 Å². The predicted octanol–water partition coefficient (Wildman–Crippen LogP) is 2.56. The van der Waals surface area contributed by atoms with Crippen LogP contribution in [0.5, 0.6) is 0 Å². The average Bonchev–Trinajstić information content (AvgIpc) is 2.85. The van der Waals surface area contributed by atoms with Crippen molar-refractivity contribution >= 4 is 33.9 Å². The standard InChI is InChI=1S/C12H13NO2S2/c1-15-11(14)10-8-17-12(13-10)16-7-9-5-3-2-4-6-9/h2-6,10H,7-8H2,1H3. The molecule has 1 aromatic rings. The van der Waals surface area contributed by atoms with E-state index in [1.165, 1.54) is 12.7 Å². The topological polar surface area (TPSA) is 38.7 Å². The molecule has 0 aromatic heterocycles. The van der Waals surface area contributed by atoms with Crippen molar-refractivity contribution in [2.24, 2.45) is 4.99 Å². The van der Waals surface area contributed by atoms with Crippen molar-refractivity contribution in [1.82, 2.24) is 0 Å². The second-order valence-electron chi connectivity index (χ2n) is 3.52. The van der Waals surface area contributed by atoms with Gasteiger partial charge in [0.2, 0.25) is 0 Å². The summed E-state index contributed by atoms with van der Waals surface area (Å²) in [5.74, 6) is 1.34. The van der Waals surface area contributed by atoms with Gasteiger partial charge < -0.3 is 4.74 Å². The van der Waals surface area contributed by atoms with Crippen LogP contribution in [0.15, 0.2) is 35.3 Å². The number of esters is 1. The van der Waals surface area contributed by atoms with Crippen molar-refractivity contribution < 1.29 is 9.53 Å². The highest BCUT2D eigenvalue weighted by Crippen LogP contribution is 2.28. The lowest BCUT2D eigenvalue weighted by Crippen LogP contribution is -2.19. The van der Waals surface area contributed by atoms with E-state index in [0.717, 1.165) is 10.1 Å². The van der Waals surface area contributed by atoms with Gasteiger partial charge in [-0.05, 0) is 5.56 Å². The van der Waals surface area contributed by atoms with E-state index in [1.54, 1.807) is 23.5 Å². The van der Waals surface area contributed by atoms with Gasteiger partial charge in [0.15, 0.2) is 6.04 Å². The van der Waals surface area contributed by atoms with Gasteiger partial charge in [0, 0.05) is 11.5 Å². The van der Waals surface area contributed by atoms with E-state index in [4.69, 9.17) is 0 Å². The minimum Gasteiger partial charge on any atom is -0.467 e. The molecule has 1 aromatic carbocycles. The van der Waals surface area contributed by atoms with Crippen molar-refractivity contribution in [3.05, 3.63) is 35.9 Å². The first-order valence-electron chi connectivity index (χ1n) is 5.25. The lowest BCUT2D eigenvalue weighted by Gasteiger charge is -2.01. The molecule has 0 radical (unpaired) electrons. The SMILES string of the molecule is COC(=O)C1CSC(SCc2ccccc2)=N1. The fourth-order valence-corrected chi connectivity index (χ4v) is 3.52. The highest BCUT2D eigenvalue weighted by Gasteiger charge is 2.25. The molecule has 1 aliphatic heterocycles. The van der Waals surface area contributed by atoms with E-state index in [1.807, 2.05) is 18.2 Å². The number of nitrogens with zero attached hydrogens (tertiary/aromatic N) is 1. The Morgan fingerprint density at radius 3 is 3.00 bits per heavy atom. The van der Waals surface area contributed by atoms with Crippen molar-refractivity contribution in [3.8, 4) is 0 Å². The van der Waals surface area contributed by atoms with Crippen LogP contribution < -0.4 is 0 Å². The van der Waals surface area contributed by atoms with E-state index in [9.17, 15) is 4.79 Å². The Balaban J connectivity index is 1.87. The third kappa shape index (κ3) is 3.51. The smallest absolute Gasteiger partial charge is 0.331 e. The molecule has 0 spiro atoms. The van der Waals surface area contributed by atoms with Gasteiger partial charge >= 0.3 is 5.97 Å². The summed E-state index contributed by atoms with van der Waals surface area (Å²) >= 11 is 3.30. The Morgan fingerprint density at radius 2 is 2.29 bits per heavy atom. The molecule has 0 amide bonds. The number of hydrogen-bond donors (Lipinski definition) is 0. The summed E-state index contributed by atoms with van der Waals surface area (Å²) in [5, 5.41) is 0. The molecule has 0 saturated carbocycles. The molecular formula is C12H13NO2S2. The van der Waals surface area contributed by atoms with Crippen LogP contribution in [0.3, 0.4) is 0 Å². The van der Waals surface area contributed by atoms with Crippen molar-refractivity contribution in [2.75, 3.05) is 12.9 Å². The van der Waals surface area contributed by atoms with Crippen LogP contribution in [-0.2, 0) is 15.3 Å². The summed E-state index contributed by atoms with van der Waals surface area (Å²) in [7, 11) is 1.40. The zero-order valence-electron chi connectivity index (χ0n) is 9.46. The zero-order chi connectivity index (χ0) is 12.1. The third-order valence-corrected chi connectivity index (χ3v) is 4.68. The molecule has 1 unspecified atom stereocenters. The third-order valence-electron chi connectivity index (χ3n) is 2.30. The monoisotopic (exact) mass is 267 g/mol. The Hall–Kier alpha value is -0.940. The number of thioether (sulfide) groups is 2. The Bertz CT molecular complexity index is 420. The molecular weight excluding hydrogens is 254 g/mol. The van der Waals surface area contributed by atoms with E-state index in [2.05, 4.69) is 21.9 Å². The Labute approximate surface area is 109 Å². The summed E-state index contributed by atoms with van der Waals surface area (Å²) in [6.45, 7) is 0. The van der Waals surface area contributed by atoms with Crippen molar-refractivity contribution in [2.45, 2.75) is 11.8 Å². The normalized spacial score (nSPS) is 18.9. The van der Waals surface area contributed by atoms with Crippen LogP contribution in [-0.4, -0.2) is 29.2 Å². The van der Waals surface area contributed by atoms with Crippen molar-refractivity contribution in [1.29, 1.82) is 0 Å². The van der Waals surface area contributed by atoms with Gasteiger partial charge in [0.25, 0.3) is 0 Å². The van der Waals surface area contributed by atoms with Gasteiger partial charge in [-0.2, -0.15) is 0 Å². The van der Waals surface area contributed by atoms with E-state index in [-0.39, 0.29) is 12.0 Å². The molecule has 0 fully saturated rings. The molecule has 0 N–H and O–H groups in total. The average molecular weight is 267 g/mol. The largest absolute Gasteiger partial charge is 0.467 e. The summed E-state index contributed by atoms with van der Waals surface area (Å²) in [6, 6.07) is 9.91. The van der Waals surface area contributed by atoms with Crippen LogP contribution in [0.25, 0.3) is 0 Å². The molecule has 0 bridgehead atoms. The summed E-state index contributed by atoms with van der Waals surface area (Å²) in [5.41, 5.74) is 1.27. The number of hydrogen-bond acceptors (Lipinski definition) is 5. The number of carbonyl (C=O) groups is 1. The molecule has 0 saturated heterocycles. The summed E-state index contributed by atoms with van der Waals surface area (Å²) in [6.07, 6.45) is 0. The first-order valence-corrected chi connectivity index (χ1v) is 7.22. The van der Waals surface area contributed by atoms with E-state index >= 15 is 0 Å². The highest BCUT2D eigenvalue weighted by atomic mass is 32.2. The van der Waals surface area contributed by atoms with Crippen LogP contribution >= 0.6 is 23.5 Å².